The molecule has 358 valence electrons. The second-order valence-corrected chi connectivity index (χ2v) is 31.1. The fourth-order valence-corrected chi connectivity index (χ4v) is 10.4. The lowest BCUT2D eigenvalue weighted by Crippen LogP contribution is -2.45. The van der Waals surface area contributed by atoms with Gasteiger partial charge in [0.25, 0.3) is 0 Å². The number of hydrogen-bond donors (Lipinski definition) is 0. The summed E-state index contributed by atoms with van der Waals surface area (Å²) in [7, 11) is -2.49. The lowest BCUT2D eigenvalue weighted by molar-refractivity contribution is -0.115. The van der Waals surface area contributed by atoms with Gasteiger partial charge in [-0.05, 0) is 108 Å². The fourth-order valence-electron chi connectivity index (χ4n) is 7.86. The summed E-state index contributed by atoms with van der Waals surface area (Å²) < 4.78 is 32.9. The van der Waals surface area contributed by atoms with Gasteiger partial charge in [0.05, 0.1) is 32.5 Å². The minimum Gasteiger partial charge on any atom is -0.497 e. The summed E-state index contributed by atoms with van der Waals surface area (Å²) >= 11 is 0. The van der Waals surface area contributed by atoms with Crippen molar-refractivity contribution in [3.63, 3.8) is 0 Å². The van der Waals surface area contributed by atoms with Crippen molar-refractivity contribution >= 4 is 22.4 Å². The maximum Gasteiger partial charge on any atom is 0.208 e. The Kier molecular flexibility index (Phi) is 20.1. The standard InChI is InChI=1S/C58H82O6Si2/c1-44(42-63-65(12,13)56(5,6)7)40-47(4)55(61-43-48-34-37-53(60-11)38-35-48)46(3)33-36-52(59)41-54(64-66(14,15)57(8,9)10)45(2)26-25-39-62-58(49-27-19-16-20-28-49,50-29-21-17-22-30-50)51-31-23-18-24-32-51/h16-32,34-35,37-38,44-47,54-55H,39-43H2,1-15H3/b26-25+/t44-,45+,46+,47-,54+,55+/m1/s1. The van der Waals surface area contributed by atoms with Gasteiger partial charge in [-0.3, -0.25) is 4.79 Å². The Morgan fingerprint density at radius 1 is 0.697 bits per heavy atom. The second-order valence-electron chi connectivity index (χ2n) is 21.5. The molecule has 0 unspecified atom stereocenters. The molecule has 8 heteroatoms. The zero-order valence-corrected chi connectivity index (χ0v) is 45.1. The number of benzene rings is 4. The van der Waals surface area contributed by atoms with Crippen molar-refractivity contribution in [3.8, 4) is 17.6 Å². The minimum absolute atomic E-state index is 0.0425. The van der Waals surface area contributed by atoms with E-state index in [4.69, 9.17) is 23.1 Å². The SMILES string of the molecule is COc1ccc(CO[C@H]([C@H](C)C[C@@H](C)CO[Si](C)(C)C(C)(C)C)[C@@H](C)C#CC(=O)C[C@H](O[Si](C)(C)C(C)(C)C)[C@@H](C)/C=C/COC(c2ccccc2)(c2ccccc2)c2ccccc2)cc1. The van der Waals surface area contributed by atoms with Crippen LogP contribution in [0, 0.1) is 35.5 Å². The van der Waals surface area contributed by atoms with Gasteiger partial charge in [0.2, 0.25) is 5.78 Å². The zero-order valence-electron chi connectivity index (χ0n) is 43.1. The molecule has 4 aromatic rings. The number of carbonyl (C=O) groups is 1. The van der Waals surface area contributed by atoms with Crippen molar-refractivity contribution in [2.45, 2.75) is 143 Å². The number of ether oxygens (including phenoxy) is 3. The van der Waals surface area contributed by atoms with Gasteiger partial charge < -0.3 is 23.1 Å². The van der Waals surface area contributed by atoms with Crippen LogP contribution in [0.5, 0.6) is 5.75 Å². The highest BCUT2D eigenvalue weighted by atomic mass is 28.4. The molecule has 0 N–H and O–H groups in total. The molecule has 0 saturated heterocycles. The third-order valence-corrected chi connectivity index (χ3v) is 23.0. The first-order valence-electron chi connectivity index (χ1n) is 24.1. The summed E-state index contributed by atoms with van der Waals surface area (Å²) in [6.45, 7) is 32.9. The quantitative estimate of drug-likeness (QED) is 0.0243. The Bertz CT molecular complexity index is 2050. The van der Waals surface area contributed by atoms with Gasteiger partial charge in [-0.2, -0.15) is 0 Å². The molecule has 6 atom stereocenters. The van der Waals surface area contributed by atoms with Crippen molar-refractivity contribution in [1.29, 1.82) is 0 Å². The Balaban J connectivity index is 1.56. The molecule has 0 aromatic heterocycles. The van der Waals surface area contributed by atoms with Crippen molar-refractivity contribution < 1.29 is 27.9 Å². The van der Waals surface area contributed by atoms with Crippen LogP contribution < -0.4 is 4.74 Å². The van der Waals surface area contributed by atoms with Crippen molar-refractivity contribution in [2.75, 3.05) is 20.3 Å². The average Bonchev–Trinajstić information content (AvgIpc) is 3.27. The normalized spacial score (nSPS) is 15.6. The predicted octanol–water partition coefficient (Wildman–Crippen LogP) is 14.5. The molecule has 4 rings (SSSR count). The average molecular weight is 931 g/mol. The number of rotatable bonds is 23. The number of ketones is 1. The van der Waals surface area contributed by atoms with Crippen LogP contribution in [-0.2, 0) is 35.3 Å². The van der Waals surface area contributed by atoms with E-state index in [0.717, 1.165) is 34.4 Å². The molecular weight excluding hydrogens is 849 g/mol. The van der Waals surface area contributed by atoms with Crippen molar-refractivity contribution in [3.05, 3.63) is 150 Å². The summed E-state index contributed by atoms with van der Waals surface area (Å²) in [6.07, 6.45) is 4.78. The van der Waals surface area contributed by atoms with Gasteiger partial charge in [0.1, 0.15) is 11.4 Å². The smallest absolute Gasteiger partial charge is 0.208 e. The molecule has 66 heavy (non-hydrogen) atoms. The summed E-state index contributed by atoms with van der Waals surface area (Å²) in [5.74, 6) is 7.36. The Morgan fingerprint density at radius 2 is 1.20 bits per heavy atom. The highest BCUT2D eigenvalue weighted by Crippen LogP contribution is 2.42. The van der Waals surface area contributed by atoms with Crippen LogP contribution in [0.25, 0.3) is 0 Å². The van der Waals surface area contributed by atoms with Gasteiger partial charge in [-0.25, -0.2) is 0 Å². The van der Waals surface area contributed by atoms with Gasteiger partial charge in [0.15, 0.2) is 16.6 Å². The van der Waals surface area contributed by atoms with E-state index >= 15 is 0 Å². The number of methoxy groups -OCH3 is 1. The number of hydrogen-bond acceptors (Lipinski definition) is 6. The molecule has 0 fully saturated rings. The fraction of sp³-hybridized carbons (Fsp3) is 0.500. The lowest BCUT2D eigenvalue weighted by atomic mass is 9.80. The van der Waals surface area contributed by atoms with E-state index in [1.165, 1.54) is 0 Å². The van der Waals surface area contributed by atoms with Crippen molar-refractivity contribution in [1.82, 2.24) is 0 Å². The molecular formula is C58H82O6Si2. The molecule has 0 aliphatic rings. The van der Waals surface area contributed by atoms with Gasteiger partial charge in [0, 0.05) is 18.9 Å². The van der Waals surface area contributed by atoms with Crippen molar-refractivity contribution in [2.24, 2.45) is 23.7 Å². The van der Waals surface area contributed by atoms with Crippen LogP contribution in [0.1, 0.15) is 104 Å². The first-order chi connectivity index (χ1) is 31.0. The molecule has 0 amide bonds. The molecule has 0 heterocycles. The van der Waals surface area contributed by atoms with Crippen LogP contribution in [-0.4, -0.2) is 54.9 Å². The molecule has 0 saturated carbocycles. The zero-order chi connectivity index (χ0) is 48.8. The molecule has 0 spiro atoms. The number of Topliss-reactive ketones (excluding diaryl/α,β-unsaturated/α-hetero) is 1. The Hall–Kier alpha value is -4.08. The highest BCUT2D eigenvalue weighted by molar-refractivity contribution is 6.74. The van der Waals surface area contributed by atoms with Crippen LogP contribution in [0.2, 0.25) is 36.3 Å². The van der Waals surface area contributed by atoms with E-state index < -0.39 is 22.2 Å². The molecule has 0 aliphatic heterocycles. The first kappa shape index (κ1) is 54.5. The Morgan fingerprint density at radius 3 is 1.67 bits per heavy atom. The maximum absolute atomic E-state index is 14.0. The van der Waals surface area contributed by atoms with Crippen LogP contribution in [0.15, 0.2) is 127 Å². The van der Waals surface area contributed by atoms with E-state index in [0.29, 0.717) is 25.7 Å². The van der Waals surface area contributed by atoms with Gasteiger partial charge in [-0.15, -0.1) is 0 Å². The van der Waals surface area contributed by atoms with E-state index in [1.807, 2.05) is 42.5 Å². The van der Waals surface area contributed by atoms with Crippen LogP contribution in [0.3, 0.4) is 0 Å². The largest absolute Gasteiger partial charge is 0.497 e. The molecule has 4 aromatic carbocycles. The summed E-state index contributed by atoms with van der Waals surface area (Å²) in [6, 6.07) is 39.2. The first-order valence-corrected chi connectivity index (χ1v) is 29.9. The van der Waals surface area contributed by atoms with Gasteiger partial charge in [-0.1, -0.05) is 184 Å². The summed E-state index contributed by atoms with van der Waals surface area (Å²) in [4.78, 5) is 14.0. The maximum atomic E-state index is 14.0. The highest BCUT2D eigenvalue weighted by Gasteiger charge is 2.41. The minimum atomic E-state index is -2.28. The predicted molar refractivity (Wildman–Crippen MR) is 280 cm³/mol. The van der Waals surface area contributed by atoms with E-state index in [9.17, 15) is 4.79 Å². The summed E-state index contributed by atoms with van der Waals surface area (Å²) in [5, 5.41) is 0.107. The third kappa shape index (κ3) is 15.2. The van der Waals surface area contributed by atoms with E-state index in [1.54, 1.807) is 7.11 Å². The lowest BCUT2D eigenvalue weighted by Gasteiger charge is -2.40. The van der Waals surface area contributed by atoms with Crippen LogP contribution >= 0.6 is 0 Å². The topological polar surface area (TPSA) is 63.2 Å². The second kappa shape index (κ2) is 24.3. The molecule has 0 radical (unpaired) electrons. The van der Waals surface area contributed by atoms with Crippen LogP contribution in [0.4, 0.5) is 0 Å². The number of carbonyl (C=O) groups excluding carboxylic acids is 1. The monoisotopic (exact) mass is 931 g/mol. The summed E-state index contributed by atoms with van der Waals surface area (Å²) in [5.41, 5.74) is 3.38. The Labute approximate surface area is 402 Å². The van der Waals surface area contributed by atoms with E-state index in [-0.39, 0.29) is 52.2 Å². The van der Waals surface area contributed by atoms with Gasteiger partial charge >= 0.3 is 0 Å². The third-order valence-electron chi connectivity index (χ3n) is 14.0. The van der Waals surface area contributed by atoms with E-state index in [2.05, 4.69) is 192 Å². The molecule has 0 bridgehead atoms. The molecule has 6 nitrogen and oxygen atoms in total. The molecule has 0 aliphatic carbocycles.